The van der Waals surface area contributed by atoms with Gasteiger partial charge >= 0.3 is 0 Å². The fourth-order valence-electron chi connectivity index (χ4n) is 4.18. The van der Waals surface area contributed by atoms with E-state index in [-0.39, 0.29) is 11.4 Å². The lowest BCUT2D eigenvalue weighted by atomic mass is 9.86. The Labute approximate surface area is 188 Å². The van der Waals surface area contributed by atoms with Crippen LogP contribution in [0.3, 0.4) is 0 Å². The molecule has 1 N–H and O–H groups in total. The summed E-state index contributed by atoms with van der Waals surface area (Å²) in [7, 11) is 0. The second kappa shape index (κ2) is 11.4. The first-order chi connectivity index (χ1) is 14.6. The summed E-state index contributed by atoms with van der Waals surface area (Å²) in [6, 6.07) is 1.69. The first-order valence-corrected chi connectivity index (χ1v) is 11.6. The van der Waals surface area contributed by atoms with Crippen LogP contribution >= 0.6 is 0 Å². The first kappa shape index (κ1) is 25.0. The van der Waals surface area contributed by atoms with Gasteiger partial charge in [0.15, 0.2) is 6.29 Å². The van der Waals surface area contributed by atoms with Gasteiger partial charge in [-0.1, -0.05) is 34.9 Å². The lowest BCUT2D eigenvalue weighted by molar-refractivity contribution is 0.0560. The molecule has 1 aliphatic rings. The van der Waals surface area contributed by atoms with Gasteiger partial charge in [0, 0.05) is 5.56 Å². The molecule has 2 rings (SSSR count). The Kier molecular flexibility index (Phi) is 9.15. The van der Waals surface area contributed by atoms with Crippen LogP contribution in [0.1, 0.15) is 101 Å². The SMILES string of the molecule is CC(C)=CCC/C(C)=C/CC/C(C)=C/CCC1(C)CCc2cc(O)c(C=O)c(C)c2O1. The lowest BCUT2D eigenvalue weighted by Gasteiger charge is -2.37. The maximum atomic E-state index is 11.3. The molecule has 1 aromatic rings. The lowest BCUT2D eigenvalue weighted by Crippen LogP contribution is -2.36. The molecular formula is C28H40O3. The van der Waals surface area contributed by atoms with Gasteiger partial charge in [0.05, 0.1) is 5.56 Å². The fourth-order valence-corrected chi connectivity index (χ4v) is 4.18. The summed E-state index contributed by atoms with van der Waals surface area (Å²) in [4.78, 5) is 11.3. The van der Waals surface area contributed by atoms with E-state index in [4.69, 9.17) is 4.74 Å². The third-order valence-corrected chi connectivity index (χ3v) is 6.30. The monoisotopic (exact) mass is 424 g/mol. The van der Waals surface area contributed by atoms with Gasteiger partial charge in [0.2, 0.25) is 0 Å². The normalized spacial score (nSPS) is 18.9. The quantitative estimate of drug-likeness (QED) is 0.308. The number of benzene rings is 1. The van der Waals surface area contributed by atoms with Crippen LogP contribution in [0.4, 0.5) is 0 Å². The minimum atomic E-state index is -0.243. The van der Waals surface area contributed by atoms with Crippen LogP contribution in [0.5, 0.6) is 11.5 Å². The highest BCUT2D eigenvalue weighted by molar-refractivity contribution is 5.83. The number of carbonyl (C=O) groups excluding carboxylic acids is 1. The number of hydrogen-bond acceptors (Lipinski definition) is 3. The van der Waals surface area contributed by atoms with Crippen molar-refractivity contribution in [1.82, 2.24) is 0 Å². The Hall–Kier alpha value is -2.29. The summed E-state index contributed by atoms with van der Waals surface area (Å²) in [6.45, 7) is 12.8. The van der Waals surface area contributed by atoms with E-state index >= 15 is 0 Å². The molecule has 3 heteroatoms. The molecule has 0 amide bonds. The number of aromatic hydroxyl groups is 1. The summed E-state index contributed by atoms with van der Waals surface area (Å²) in [5.74, 6) is 0.835. The molecule has 0 saturated carbocycles. The molecule has 1 heterocycles. The topological polar surface area (TPSA) is 46.5 Å². The smallest absolute Gasteiger partial charge is 0.154 e. The number of fused-ring (bicyclic) bond motifs is 1. The van der Waals surface area contributed by atoms with E-state index in [0.717, 1.165) is 68.2 Å². The predicted octanol–water partition coefficient (Wildman–Crippen LogP) is 7.80. The Balaban J connectivity index is 1.87. The van der Waals surface area contributed by atoms with Crippen molar-refractivity contribution < 1.29 is 14.6 Å². The summed E-state index contributed by atoms with van der Waals surface area (Å²) in [5.41, 5.74) is 6.13. The first-order valence-electron chi connectivity index (χ1n) is 11.6. The van der Waals surface area contributed by atoms with E-state index in [1.165, 1.54) is 16.7 Å². The van der Waals surface area contributed by atoms with E-state index in [9.17, 15) is 9.90 Å². The molecule has 0 saturated heterocycles. The number of hydrogen-bond donors (Lipinski definition) is 1. The van der Waals surface area contributed by atoms with Gasteiger partial charge in [0.25, 0.3) is 0 Å². The summed E-state index contributed by atoms with van der Waals surface area (Å²) in [6.07, 6.45) is 15.9. The van der Waals surface area contributed by atoms with Crippen molar-refractivity contribution in [2.24, 2.45) is 0 Å². The zero-order valence-electron chi connectivity index (χ0n) is 20.3. The van der Waals surface area contributed by atoms with Crippen LogP contribution in [0.2, 0.25) is 0 Å². The highest BCUT2D eigenvalue weighted by atomic mass is 16.5. The highest BCUT2D eigenvalue weighted by Gasteiger charge is 2.33. The van der Waals surface area contributed by atoms with Crippen LogP contribution in [-0.4, -0.2) is 17.0 Å². The van der Waals surface area contributed by atoms with Gasteiger partial charge in [-0.3, -0.25) is 4.79 Å². The number of aryl methyl sites for hydroxylation is 1. The summed E-state index contributed by atoms with van der Waals surface area (Å²) in [5, 5.41) is 10.0. The second-order valence-corrected chi connectivity index (χ2v) is 9.59. The molecule has 1 atom stereocenters. The summed E-state index contributed by atoms with van der Waals surface area (Å²) < 4.78 is 6.38. The van der Waals surface area contributed by atoms with Crippen molar-refractivity contribution in [3.05, 3.63) is 57.7 Å². The third kappa shape index (κ3) is 7.41. The Morgan fingerprint density at radius 3 is 2.29 bits per heavy atom. The average molecular weight is 425 g/mol. The number of carbonyl (C=O) groups is 1. The molecule has 0 bridgehead atoms. The van der Waals surface area contributed by atoms with Crippen LogP contribution in [0.15, 0.2) is 41.0 Å². The second-order valence-electron chi connectivity index (χ2n) is 9.59. The number of rotatable bonds is 10. The predicted molar refractivity (Wildman–Crippen MR) is 130 cm³/mol. The largest absolute Gasteiger partial charge is 0.507 e. The molecule has 170 valence electrons. The zero-order valence-corrected chi connectivity index (χ0v) is 20.3. The molecular weight excluding hydrogens is 384 g/mol. The highest BCUT2D eigenvalue weighted by Crippen LogP contribution is 2.41. The Bertz CT molecular complexity index is 869. The van der Waals surface area contributed by atoms with Crippen LogP contribution in [0, 0.1) is 6.92 Å². The third-order valence-electron chi connectivity index (χ3n) is 6.30. The maximum absolute atomic E-state index is 11.3. The van der Waals surface area contributed by atoms with Gasteiger partial charge in [-0.05, 0) is 105 Å². The van der Waals surface area contributed by atoms with Crippen molar-refractivity contribution in [2.75, 3.05) is 0 Å². The standard InChI is InChI=1S/C28H40O3/c1-20(2)10-7-11-21(3)12-8-13-22(4)14-9-16-28(6)17-15-24-18-26(30)25(19-29)23(5)27(24)31-28/h10,12,14,18-19,30H,7-9,11,13,15-17H2,1-6H3/b21-12+,22-14+. The molecule has 0 spiro atoms. The van der Waals surface area contributed by atoms with Crippen molar-refractivity contribution in [2.45, 2.75) is 98.5 Å². The number of phenolic OH excluding ortho intramolecular Hbond substituents is 1. The number of aldehydes is 1. The van der Waals surface area contributed by atoms with Crippen LogP contribution in [0.25, 0.3) is 0 Å². The molecule has 1 aliphatic heterocycles. The molecule has 1 unspecified atom stereocenters. The number of phenols is 1. The number of allylic oxidation sites excluding steroid dienone is 6. The molecule has 1 aromatic carbocycles. The van der Waals surface area contributed by atoms with Crippen molar-refractivity contribution in [1.29, 1.82) is 0 Å². The zero-order chi connectivity index (χ0) is 23.0. The minimum absolute atomic E-state index is 0.0539. The summed E-state index contributed by atoms with van der Waals surface area (Å²) >= 11 is 0. The van der Waals surface area contributed by atoms with Crippen LogP contribution in [-0.2, 0) is 6.42 Å². The Morgan fingerprint density at radius 2 is 1.68 bits per heavy atom. The molecule has 0 aromatic heterocycles. The number of ether oxygens (including phenoxy) is 1. The van der Waals surface area contributed by atoms with E-state index in [1.807, 2.05) is 6.92 Å². The van der Waals surface area contributed by atoms with E-state index in [1.54, 1.807) is 6.07 Å². The van der Waals surface area contributed by atoms with Crippen molar-refractivity contribution in [3.63, 3.8) is 0 Å². The van der Waals surface area contributed by atoms with Crippen molar-refractivity contribution in [3.8, 4) is 11.5 Å². The molecule has 0 aliphatic carbocycles. The van der Waals surface area contributed by atoms with Crippen LogP contribution < -0.4 is 4.74 Å². The maximum Gasteiger partial charge on any atom is 0.154 e. The molecule has 31 heavy (non-hydrogen) atoms. The molecule has 0 radical (unpaired) electrons. The van der Waals surface area contributed by atoms with E-state index in [0.29, 0.717) is 11.8 Å². The van der Waals surface area contributed by atoms with Gasteiger partial charge in [-0.15, -0.1) is 0 Å². The fraction of sp³-hybridized carbons (Fsp3) is 0.536. The molecule has 3 nitrogen and oxygen atoms in total. The average Bonchev–Trinajstić information content (AvgIpc) is 2.69. The Morgan fingerprint density at radius 1 is 1.06 bits per heavy atom. The van der Waals surface area contributed by atoms with Gasteiger partial charge in [-0.2, -0.15) is 0 Å². The van der Waals surface area contributed by atoms with Crippen molar-refractivity contribution >= 4 is 6.29 Å². The van der Waals surface area contributed by atoms with E-state index < -0.39 is 0 Å². The van der Waals surface area contributed by atoms with Gasteiger partial charge in [-0.25, -0.2) is 0 Å². The van der Waals surface area contributed by atoms with E-state index in [2.05, 4.69) is 52.8 Å². The minimum Gasteiger partial charge on any atom is -0.507 e. The molecule has 0 fully saturated rings. The van der Waals surface area contributed by atoms with Gasteiger partial charge < -0.3 is 9.84 Å². The van der Waals surface area contributed by atoms with Gasteiger partial charge in [0.1, 0.15) is 17.1 Å².